The van der Waals surface area contributed by atoms with Gasteiger partial charge < -0.3 is 5.11 Å². The summed E-state index contributed by atoms with van der Waals surface area (Å²) in [5, 5.41) is 20.3. The monoisotopic (exact) mass is 221 g/mol. The van der Waals surface area contributed by atoms with Crippen LogP contribution in [0.3, 0.4) is 0 Å². The Balaban J connectivity index is 2.18. The van der Waals surface area contributed by atoms with Crippen LogP contribution in [0.15, 0.2) is 0 Å². The molecule has 2 aliphatic carbocycles. The van der Waals surface area contributed by atoms with Crippen molar-refractivity contribution in [3.63, 3.8) is 0 Å². The average Bonchev–Trinajstić information content (AvgIpc) is 3.00. The molecule has 2 saturated carbocycles. The second-order valence-corrected chi connectivity index (χ2v) is 5.88. The lowest BCUT2D eigenvalue weighted by molar-refractivity contribution is -0.0702. The quantitative estimate of drug-likeness (QED) is 0.776. The van der Waals surface area contributed by atoms with Crippen LogP contribution in [0.1, 0.15) is 64.7 Å². The Hall–Kier alpha value is -0.550. The Morgan fingerprint density at radius 1 is 1.12 bits per heavy atom. The third kappa shape index (κ3) is 1.98. The fourth-order valence-corrected chi connectivity index (χ4v) is 3.28. The van der Waals surface area contributed by atoms with Crippen LogP contribution in [-0.2, 0) is 0 Å². The molecule has 0 amide bonds. The number of hydrogen-bond acceptors (Lipinski definition) is 2. The predicted octanol–water partition coefficient (Wildman–Crippen LogP) is 3.40. The highest BCUT2D eigenvalue weighted by atomic mass is 16.3. The van der Waals surface area contributed by atoms with Gasteiger partial charge in [0.1, 0.15) is 0 Å². The van der Waals surface area contributed by atoms with E-state index in [4.69, 9.17) is 0 Å². The van der Waals surface area contributed by atoms with Crippen LogP contribution in [0.5, 0.6) is 0 Å². The van der Waals surface area contributed by atoms with E-state index < -0.39 is 11.0 Å². The molecule has 0 radical (unpaired) electrons. The van der Waals surface area contributed by atoms with Crippen molar-refractivity contribution in [1.29, 1.82) is 5.26 Å². The summed E-state index contributed by atoms with van der Waals surface area (Å²) in [4.78, 5) is 0. The van der Waals surface area contributed by atoms with E-state index in [1.165, 1.54) is 19.3 Å². The molecule has 16 heavy (non-hydrogen) atoms. The Morgan fingerprint density at radius 2 is 1.62 bits per heavy atom. The van der Waals surface area contributed by atoms with E-state index in [0.717, 1.165) is 38.5 Å². The predicted molar refractivity (Wildman–Crippen MR) is 63.7 cm³/mol. The van der Waals surface area contributed by atoms with E-state index >= 15 is 0 Å². The summed E-state index contributed by atoms with van der Waals surface area (Å²) in [5.41, 5.74) is -1.21. The van der Waals surface area contributed by atoms with Gasteiger partial charge in [-0.25, -0.2) is 0 Å². The highest BCUT2D eigenvalue weighted by Crippen LogP contribution is 2.53. The number of hydrogen-bond donors (Lipinski definition) is 1. The Kier molecular flexibility index (Phi) is 3.26. The number of aliphatic hydroxyl groups is 1. The lowest BCUT2D eigenvalue weighted by Gasteiger charge is -2.42. The lowest BCUT2D eigenvalue weighted by Crippen LogP contribution is -2.47. The molecule has 2 fully saturated rings. The summed E-state index contributed by atoms with van der Waals surface area (Å²) in [6.07, 6.45) is 9.97. The number of nitrogens with zero attached hydrogens (tertiary/aromatic N) is 1. The van der Waals surface area contributed by atoms with Crippen molar-refractivity contribution in [3.8, 4) is 6.07 Å². The minimum Gasteiger partial charge on any atom is -0.388 e. The first-order chi connectivity index (χ1) is 7.62. The van der Waals surface area contributed by atoms with Gasteiger partial charge in [0, 0.05) is 0 Å². The molecule has 0 aromatic carbocycles. The van der Waals surface area contributed by atoms with E-state index in [2.05, 4.69) is 6.07 Å². The first kappa shape index (κ1) is 11.9. The highest BCUT2D eigenvalue weighted by Gasteiger charge is 2.54. The van der Waals surface area contributed by atoms with Crippen LogP contribution in [0.4, 0.5) is 0 Å². The molecular weight excluding hydrogens is 198 g/mol. The van der Waals surface area contributed by atoms with Gasteiger partial charge in [0.2, 0.25) is 0 Å². The van der Waals surface area contributed by atoms with Crippen molar-refractivity contribution in [2.45, 2.75) is 70.3 Å². The van der Waals surface area contributed by atoms with Crippen molar-refractivity contribution >= 4 is 0 Å². The molecule has 0 aliphatic heterocycles. The minimum atomic E-state index is -0.751. The zero-order chi connectivity index (χ0) is 11.6. The van der Waals surface area contributed by atoms with Gasteiger partial charge in [-0.15, -0.1) is 0 Å². The molecule has 1 atom stereocenters. The smallest absolute Gasteiger partial charge is 0.0860 e. The second-order valence-electron chi connectivity index (χ2n) is 5.88. The summed E-state index contributed by atoms with van der Waals surface area (Å²) < 4.78 is 0. The topological polar surface area (TPSA) is 44.0 Å². The van der Waals surface area contributed by atoms with Crippen molar-refractivity contribution in [1.82, 2.24) is 0 Å². The fraction of sp³-hybridized carbons (Fsp3) is 0.929. The van der Waals surface area contributed by atoms with Crippen molar-refractivity contribution in [3.05, 3.63) is 0 Å². The lowest BCUT2D eigenvalue weighted by atomic mass is 9.64. The van der Waals surface area contributed by atoms with Crippen LogP contribution < -0.4 is 0 Å². The summed E-state index contributed by atoms with van der Waals surface area (Å²) in [7, 11) is 0. The maximum atomic E-state index is 10.7. The summed E-state index contributed by atoms with van der Waals surface area (Å²) in [6.45, 7) is 1.91. The van der Waals surface area contributed by atoms with Gasteiger partial charge in [-0.2, -0.15) is 5.26 Å². The van der Waals surface area contributed by atoms with E-state index in [1.54, 1.807) is 0 Å². The molecule has 0 bridgehead atoms. The first-order valence-electron chi connectivity index (χ1n) is 6.76. The van der Waals surface area contributed by atoms with E-state index in [0.29, 0.717) is 5.92 Å². The van der Waals surface area contributed by atoms with Crippen LogP contribution in [0, 0.1) is 22.7 Å². The minimum absolute atomic E-state index is 0.381. The van der Waals surface area contributed by atoms with Crippen LogP contribution >= 0.6 is 0 Å². The first-order valence-corrected chi connectivity index (χ1v) is 6.76. The molecule has 1 N–H and O–H groups in total. The zero-order valence-corrected chi connectivity index (χ0v) is 10.3. The summed E-state index contributed by atoms with van der Waals surface area (Å²) in [6, 6.07) is 2.50. The molecule has 0 saturated heterocycles. The van der Waals surface area contributed by atoms with Crippen molar-refractivity contribution < 1.29 is 5.11 Å². The maximum absolute atomic E-state index is 10.7. The van der Waals surface area contributed by atoms with Crippen LogP contribution in [0.25, 0.3) is 0 Å². The molecule has 0 aromatic heterocycles. The zero-order valence-electron chi connectivity index (χ0n) is 10.3. The summed E-state index contributed by atoms with van der Waals surface area (Å²) >= 11 is 0. The Morgan fingerprint density at radius 3 is 2.06 bits per heavy atom. The van der Waals surface area contributed by atoms with Gasteiger partial charge in [-0.1, -0.05) is 32.1 Å². The Bertz CT molecular complexity index is 278. The molecule has 2 nitrogen and oxygen atoms in total. The molecule has 2 aliphatic rings. The third-order valence-corrected chi connectivity index (χ3v) is 4.76. The van der Waals surface area contributed by atoms with Gasteiger partial charge >= 0.3 is 0 Å². The molecule has 0 aromatic rings. The van der Waals surface area contributed by atoms with Crippen molar-refractivity contribution in [2.24, 2.45) is 11.3 Å². The molecule has 0 spiro atoms. The van der Waals surface area contributed by atoms with Gasteiger partial charge in [-0.05, 0) is 38.5 Å². The standard InChI is InChI=1S/C14H23NO/c1-13(16,12-7-8-12)14(11-15)9-5-3-2-4-6-10-14/h12,16H,2-10H2,1H3. The number of nitriles is 1. The normalized spacial score (nSPS) is 29.6. The molecule has 1 unspecified atom stereocenters. The maximum Gasteiger partial charge on any atom is 0.0860 e. The van der Waals surface area contributed by atoms with E-state index in [9.17, 15) is 10.4 Å². The van der Waals surface area contributed by atoms with Gasteiger partial charge in [0.15, 0.2) is 0 Å². The molecule has 0 heterocycles. The fourth-order valence-electron chi connectivity index (χ4n) is 3.28. The van der Waals surface area contributed by atoms with Crippen LogP contribution in [-0.4, -0.2) is 10.7 Å². The number of rotatable bonds is 2. The van der Waals surface area contributed by atoms with Gasteiger partial charge in [-0.3, -0.25) is 0 Å². The molecular formula is C14H23NO. The largest absolute Gasteiger partial charge is 0.388 e. The third-order valence-electron chi connectivity index (χ3n) is 4.76. The molecule has 2 rings (SSSR count). The second kappa shape index (κ2) is 4.37. The average molecular weight is 221 g/mol. The van der Waals surface area contributed by atoms with Crippen molar-refractivity contribution in [2.75, 3.05) is 0 Å². The van der Waals surface area contributed by atoms with Crippen LogP contribution in [0.2, 0.25) is 0 Å². The van der Waals surface area contributed by atoms with Gasteiger partial charge in [0.25, 0.3) is 0 Å². The Labute approximate surface area is 98.7 Å². The highest BCUT2D eigenvalue weighted by molar-refractivity contribution is 5.14. The SMILES string of the molecule is CC(O)(C1CC1)C1(C#N)CCCCCCC1. The molecule has 90 valence electrons. The summed E-state index contributed by atoms with van der Waals surface area (Å²) in [5.74, 6) is 0.381. The molecule has 2 heteroatoms. The van der Waals surface area contributed by atoms with E-state index in [-0.39, 0.29) is 0 Å². The van der Waals surface area contributed by atoms with E-state index in [1.807, 2.05) is 6.92 Å². The van der Waals surface area contributed by atoms with Gasteiger partial charge in [0.05, 0.1) is 17.1 Å².